The summed E-state index contributed by atoms with van der Waals surface area (Å²) >= 11 is 1.39. The van der Waals surface area contributed by atoms with Crippen molar-refractivity contribution in [1.82, 2.24) is 9.88 Å². The van der Waals surface area contributed by atoms with Gasteiger partial charge in [-0.2, -0.15) is 0 Å². The Labute approximate surface area is 154 Å². The molecule has 26 heavy (non-hydrogen) atoms. The molecule has 0 bridgehead atoms. The molecule has 1 aromatic carbocycles. The largest absolute Gasteiger partial charge is 0.486 e. The van der Waals surface area contributed by atoms with Crippen LogP contribution < -0.4 is 9.47 Å². The van der Waals surface area contributed by atoms with E-state index in [-0.39, 0.29) is 17.9 Å². The molecule has 7 nitrogen and oxygen atoms in total. The van der Waals surface area contributed by atoms with E-state index >= 15 is 0 Å². The van der Waals surface area contributed by atoms with Crippen molar-refractivity contribution in [2.24, 2.45) is 5.92 Å². The fourth-order valence-electron chi connectivity index (χ4n) is 3.13. The summed E-state index contributed by atoms with van der Waals surface area (Å²) in [6.07, 6.45) is 0.994. The highest BCUT2D eigenvalue weighted by atomic mass is 32.1. The molecule has 1 aliphatic carbocycles. The number of ether oxygens (including phenoxy) is 2. The summed E-state index contributed by atoms with van der Waals surface area (Å²) in [6.45, 7) is 1.06. The van der Waals surface area contributed by atoms with Crippen LogP contribution in [0.2, 0.25) is 0 Å². The number of thiazole rings is 1. The van der Waals surface area contributed by atoms with E-state index in [0.717, 1.165) is 10.6 Å². The Kier molecular flexibility index (Phi) is 4.28. The van der Waals surface area contributed by atoms with Gasteiger partial charge in [0.15, 0.2) is 11.5 Å². The summed E-state index contributed by atoms with van der Waals surface area (Å²) < 4.78 is 11.1. The fourth-order valence-corrected chi connectivity index (χ4v) is 3.92. The number of nitrogens with zero attached hydrogens (tertiary/aromatic N) is 2. The van der Waals surface area contributed by atoms with Crippen molar-refractivity contribution < 1.29 is 24.2 Å². The minimum absolute atomic E-state index is 0.0388. The van der Waals surface area contributed by atoms with Gasteiger partial charge in [-0.1, -0.05) is 0 Å². The lowest BCUT2D eigenvalue weighted by Crippen LogP contribution is -2.47. The van der Waals surface area contributed by atoms with Crippen LogP contribution in [-0.4, -0.2) is 53.2 Å². The van der Waals surface area contributed by atoms with Crippen LogP contribution in [0, 0.1) is 5.92 Å². The molecular formula is C18H18N2O5S. The zero-order valence-electron chi connectivity index (χ0n) is 14.2. The lowest BCUT2D eigenvalue weighted by Gasteiger charge is -2.38. The van der Waals surface area contributed by atoms with Gasteiger partial charge in [0.1, 0.15) is 23.9 Å². The number of aliphatic carboxylic acids is 1. The van der Waals surface area contributed by atoms with Crippen molar-refractivity contribution in [3.8, 4) is 22.1 Å². The highest BCUT2D eigenvalue weighted by Gasteiger charge is 2.38. The minimum Gasteiger partial charge on any atom is -0.486 e. The third-order valence-corrected chi connectivity index (χ3v) is 5.73. The first-order valence-electron chi connectivity index (χ1n) is 8.38. The topological polar surface area (TPSA) is 89.0 Å². The molecule has 136 valence electrons. The number of carbonyl (C=O) groups is 2. The number of fused-ring (bicyclic) bond motifs is 1. The number of carboxylic acid groups (broad SMARTS) is 1. The smallest absolute Gasteiger partial charge is 0.306 e. The Morgan fingerprint density at radius 3 is 2.69 bits per heavy atom. The number of amides is 1. The quantitative estimate of drug-likeness (QED) is 0.885. The molecule has 4 rings (SSSR count). The Bertz CT molecular complexity index is 859. The average Bonchev–Trinajstić information content (AvgIpc) is 3.09. The molecular weight excluding hydrogens is 356 g/mol. The van der Waals surface area contributed by atoms with E-state index in [1.807, 2.05) is 18.2 Å². The molecule has 1 aliphatic heterocycles. The predicted octanol–water partition coefficient (Wildman–Crippen LogP) is 2.52. The molecule has 8 heteroatoms. The maximum atomic E-state index is 12.6. The second-order valence-electron chi connectivity index (χ2n) is 6.47. The van der Waals surface area contributed by atoms with Crippen LogP contribution in [-0.2, 0) is 4.79 Å². The molecule has 1 amide bonds. The zero-order valence-corrected chi connectivity index (χ0v) is 15.0. The van der Waals surface area contributed by atoms with E-state index in [1.54, 1.807) is 17.3 Å². The van der Waals surface area contributed by atoms with Crippen LogP contribution in [0.15, 0.2) is 23.6 Å². The van der Waals surface area contributed by atoms with Gasteiger partial charge >= 0.3 is 5.97 Å². The van der Waals surface area contributed by atoms with E-state index in [2.05, 4.69) is 4.98 Å². The normalized spacial score (nSPS) is 21.0. The lowest BCUT2D eigenvalue weighted by atomic mass is 9.79. The minimum atomic E-state index is -0.795. The molecule has 2 heterocycles. The number of carbonyl (C=O) groups excluding carboxylic acids is 1. The van der Waals surface area contributed by atoms with Crippen LogP contribution in [0.25, 0.3) is 10.6 Å². The maximum Gasteiger partial charge on any atom is 0.306 e. The Morgan fingerprint density at radius 1 is 1.23 bits per heavy atom. The van der Waals surface area contributed by atoms with Gasteiger partial charge < -0.3 is 19.5 Å². The number of hydrogen-bond donors (Lipinski definition) is 1. The molecule has 2 aromatic rings. The molecule has 1 N–H and O–H groups in total. The van der Waals surface area contributed by atoms with Crippen molar-refractivity contribution in [3.63, 3.8) is 0 Å². The van der Waals surface area contributed by atoms with Crippen LogP contribution in [0.1, 0.15) is 23.3 Å². The van der Waals surface area contributed by atoms with Crippen LogP contribution in [0.3, 0.4) is 0 Å². The second-order valence-corrected chi connectivity index (χ2v) is 7.33. The van der Waals surface area contributed by atoms with Gasteiger partial charge in [0, 0.05) is 24.0 Å². The van der Waals surface area contributed by atoms with E-state index < -0.39 is 5.97 Å². The van der Waals surface area contributed by atoms with Gasteiger partial charge in [0.2, 0.25) is 0 Å². The molecule has 1 saturated carbocycles. The van der Waals surface area contributed by atoms with Crippen molar-refractivity contribution in [3.05, 3.63) is 29.3 Å². The lowest BCUT2D eigenvalue weighted by molar-refractivity contribution is -0.146. The standard InChI is InChI=1S/C18H18N2O5S/c1-20(12-6-11(7-12)18(22)23)17(21)13-9-26-16(19-13)10-2-3-14-15(8-10)25-5-4-24-14/h2-3,8-9,11-12H,4-7H2,1H3,(H,22,23). The van der Waals surface area contributed by atoms with Crippen LogP contribution in [0.5, 0.6) is 11.5 Å². The predicted molar refractivity (Wildman–Crippen MR) is 94.8 cm³/mol. The van der Waals surface area contributed by atoms with Gasteiger partial charge in [0.25, 0.3) is 5.91 Å². The number of benzene rings is 1. The summed E-state index contributed by atoms with van der Waals surface area (Å²) in [6, 6.07) is 5.57. The molecule has 0 spiro atoms. The van der Waals surface area contributed by atoms with Crippen molar-refractivity contribution in [2.45, 2.75) is 18.9 Å². The third kappa shape index (κ3) is 3.01. The summed E-state index contributed by atoms with van der Waals surface area (Å²) in [7, 11) is 1.70. The van der Waals surface area contributed by atoms with Gasteiger partial charge in [-0.3, -0.25) is 9.59 Å². The first-order chi connectivity index (χ1) is 12.5. The third-order valence-electron chi connectivity index (χ3n) is 4.84. The van der Waals surface area contributed by atoms with Crippen molar-refractivity contribution in [1.29, 1.82) is 0 Å². The molecule has 1 aromatic heterocycles. The Morgan fingerprint density at radius 2 is 1.96 bits per heavy atom. The Balaban J connectivity index is 1.47. The first kappa shape index (κ1) is 16.8. The van der Waals surface area contributed by atoms with Crippen molar-refractivity contribution >= 4 is 23.2 Å². The summed E-state index contributed by atoms with van der Waals surface area (Å²) in [4.78, 5) is 29.6. The molecule has 0 radical (unpaired) electrons. The number of carboxylic acids is 1. The van der Waals surface area contributed by atoms with Gasteiger partial charge in [-0.25, -0.2) is 4.98 Å². The van der Waals surface area contributed by atoms with Gasteiger partial charge in [-0.15, -0.1) is 11.3 Å². The molecule has 0 atom stereocenters. The molecule has 0 unspecified atom stereocenters. The Hall–Kier alpha value is -2.61. The summed E-state index contributed by atoms with van der Waals surface area (Å²) in [5, 5.41) is 11.4. The van der Waals surface area contributed by atoms with E-state index in [1.165, 1.54) is 11.3 Å². The fraction of sp³-hybridized carbons (Fsp3) is 0.389. The number of aromatic nitrogens is 1. The van der Waals surface area contributed by atoms with E-state index in [0.29, 0.717) is 43.2 Å². The molecule has 1 fully saturated rings. The molecule has 2 aliphatic rings. The molecule has 0 saturated heterocycles. The van der Waals surface area contributed by atoms with E-state index in [4.69, 9.17) is 14.6 Å². The maximum absolute atomic E-state index is 12.6. The number of hydrogen-bond acceptors (Lipinski definition) is 6. The summed E-state index contributed by atoms with van der Waals surface area (Å²) in [5.74, 6) is 0.0724. The average molecular weight is 374 g/mol. The van der Waals surface area contributed by atoms with Gasteiger partial charge in [-0.05, 0) is 31.0 Å². The highest BCUT2D eigenvalue weighted by molar-refractivity contribution is 7.13. The van der Waals surface area contributed by atoms with E-state index in [9.17, 15) is 9.59 Å². The monoisotopic (exact) mass is 374 g/mol. The number of rotatable bonds is 4. The van der Waals surface area contributed by atoms with Crippen molar-refractivity contribution in [2.75, 3.05) is 20.3 Å². The SMILES string of the molecule is CN(C(=O)c1csc(-c2ccc3c(c2)OCCO3)n1)C1CC(C(=O)O)C1. The highest BCUT2D eigenvalue weighted by Crippen LogP contribution is 2.36. The first-order valence-corrected chi connectivity index (χ1v) is 9.26. The zero-order chi connectivity index (χ0) is 18.3. The van der Waals surface area contributed by atoms with Crippen LogP contribution in [0.4, 0.5) is 0 Å². The summed E-state index contributed by atoms with van der Waals surface area (Å²) in [5.41, 5.74) is 1.25. The second kappa shape index (κ2) is 6.60. The van der Waals surface area contributed by atoms with Crippen LogP contribution >= 0.6 is 11.3 Å². The van der Waals surface area contributed by atoms with Gasteiger partial charge in [0.05, 0.1) is 5.92 Å².